The van der Waals surface area contributed by atoms with Gasteiger partial charge in [-0.2, -0.15) is 0 Å². The minimum absolute atomic E-state index is 0.351. The summed E-state index contributed by atoms with van der Waals surface area (Å²) in [6.07, 6.45) is 1.93. The number of aromatic nitrogens is 1. The van der Waals surface area contributed by atoms with Gasteiger partial charge in [-0.05, 0) is 36.4 Å². The SMILES string of the molecule is COc1ccc([C@H]2c3cccn3CCN2C(=O)Nc2c(F)cccc2F)c(OC)c1. The standard InChI is InChI=1S/C22H21F2N3O3/c1-29-14-8-9-15(19(13-14)30-2)21-18-7-4-10-26(18)11-12-27(21)22(28)25-20-16(23)5-3-6-17(20)24/h3-10,13,21H,11-12H2,1-2H3,(H,25,28)/t21-/m0/s1. The number of anilines is 1. The van der Waals surface area contributed by atoms with E-state index in [4.69, 9.17) is 9.47 Å². The van der Waals surface area contributed by atoms with Crippen molar-refractivity contribution in [1.82, 2.24) is 9.47 Å². The third-order valence-electron chi connectivity index (χ3n) is 5.23. The van der Waals surface area contributed by atoms with Gasteiger partial charge in [-0.15, -0.1) is 0 Å². The van der Waals surface area contributed by atoms with Crippen LogP contribution < -0.4 is 14.8 Å². The number of amides is 2. The van der Waals surface area contributed by atoms with Crippen molar-refractivity contribution in [2.24, 2.45) is 0 Å². The third-order valence-corrected chi connectivity index (χ3v) is 5.23. The van der Waals surface area contributed by atoms with E-state index in [1.165, 1.54) is 6.07 Å². The smallest absolute Gasteiger partial charge is 0.322 e. The van der Waals surface area contributed by atoms with E-state index in [9.17, 15) is 13.6 Å². The number of urea groups is 1. The molecule has 2 amide bonds. The van der Waals surface area contributed by atoms with Crippen LogP contribution in [-0.4, -0.2) is 36.3 Å². The Morgan fingerprint density at radius 2 is 1.80 bits per heavy atom. The summed E-state index contributed by atoms with van der Waals surface area (Å²) >= 11 is 0. The Bertz CT molecular complexity index is 1060. The molecule has 0 radical (unpaired) electrons. The lowest BCUT2D eigenvalue weighted by Gasteiger charge is -2.37. The van der Waals surface area contributed by atoms with Crippen LogP contribution >= 0.6 is 0 Å². The minimum atomic E-state index is -0.831. The van der Waals surface area contributed by atoms with Crippen LogP contribution in [0.5, 0.6) is 11.5 Å². The molecule has 1 aliphatic heterocycles. The van der Waals surface area contributed by atoms with E-state index in [-0.39, 0.29) is 0 Å². The van der Waals surface area contributed by atoms with E-state index in [0.29, 0.717) is 24.6 Å². The second kappa shape index (κ2) is 8.06. The van der Waals surface area contributed by atoms with Gasteiger partial charge in [-0.3, -0.25) is 0 Å². The van der Waals surface area contributed by atoms with Crippen molar-refractivity contribution < 1.29 is 23.0 Å². The fourth-order valence-corrected chi connectivity index (χ4v) is 3.77. The first-order valence-corrected chi connectivity index (χ1v) is 9.42. The van der Waals surface area contributed by atoms with Crippen molar-refractivity contribution in [3.63, 3.8) is 0 Å². The van der Waals surface area contributed by atoms with Crippen LogP contribution in [0.1, 0.15) is 17.3 Å². The molecule has 8 heteroatoms. The molecule has 0 spiro atoms. The second-order valence-electron chi connectivity index (χ2n) is 6.86. The molecule has 1 atom stereocenters. The van der Waals surface area contributed by atoms with Gasteiger partial charge in [-0.25, -0.2) is 13.6 Å². The average Bonchev–Trinajstić information content (AvgIpc) is 3.24. The van der Waals surface area contributed by atoms with Crippen LogP contribution in [0, 0.1) is 11.6 Å². The molecule has 3 aromatic rings. The van der Waals surface area contributed by atoms with Crippen molar-refractivity contribution in [2.75, 3.05) is 26.1 Å². The zero-order valence-corrected chi connectivity index (χ0v) is 16.6. The Morgan fingerprint density at radius 1 is 1.03 bits per heavy atom. The van der Waals surface area contributed by atoms with Gasteiger partial charge in [0.05, 0.1) is 14.2 Å². The number of nitrogens with one attached hydrogen (secondary N) is 1. The molecule has 1 aliphatic rings. The molecule has 4 rings (SSSR count). The number of para-hydroxylation sites is 1. The van der Waals surface area contributed by atoms with Gasteiger partial charge >= 0.3 is 6.03 Å². The van der Waals surface area contributed by atoms with Crippen molar-refractivity contribution in [2.45, 2.75) is 12.6 Å². The predicted octanol–water partition coefficient (Wildman–Crippen LogP) is 4.42. The van der Waals surface area contributed by atoms with E-state index in [2.05, 4.69) is 5.32 Å². The highest BCUT2D eigenvalue weighted by molar-refractivity contribution is 5.90. The van der Waals surface area contributed by atoms with Crippen LogP contribution in [-0.2, 0) is 6.54 Å². The van der Waals surface area contributed by atoms with Gasteiger partial charge in [0.2, 0.25) is 0 Å². The maximum atomic E-state index is 14.1. The summed E-state index contributed by atoms with van der Waals surface area (Å²) in [7, 11) is 3.10. The number of nitrogens with zero attached hydrogens (tertiary/aromatic N) is 2. The number of benzene rings is 2. The molecule has 2 heterocycles. The molecule has 0 bridgehead atoms. The summed E-state index contributed by atoms with van der Waals surface area (Å²) in [5.41, 5.74) is 1.14. The molecule has 0 unspecified atom stereocenters. The number of methoxy groups -OCH3 is 2. The van der Waals surface area contributed by atoms with Crippen LogP contribution in [0.4, 0.5) is 19.3 Å². The number of carbonyl (C=O) groups is 1. The number of hydrogen-bond acceptors (Lipinski definition) is 3. The fourth-order valence-electron chi connectivity index (χ4n) is 3.77. The Morgan fingerprint density at radius 3 is 2.50 bits per heavy atom. The molecule has 2 aromatic carbocycles. The summed E-state index contributed by atoms with van der Waals surface area (Å²) in [4.78, 5) is 14.7. The number of hydrogen-bond donors (Lipinski definition) is 1. The molecule has 1 aromatic heterocycles. The summed E-state index contributed by atoms with van der Waals surface area (Å²) in [6.45, 7) is 0.911. The van der Waals surface area contributed by atoms with Crippen molar-refractivity contribution in [3.05, 3.63) is 77.6 Å². The predicted molar refractivity (Wildman–Crippen MR) is 108 cm³/mol. The Labute approximate surface area is 172 Å². The average molecular weight is 413 g/mol. The third kappa shape index (κ3) is 3.45. The monoisotopic (exact) mass is 413 g/mol. The molecule has 0 fully saturated rings. The summed E-state index contributed by atoms with van der Waals surface area (Å²) < 4.78 is 41.0. The molecule has 0 aliphatic carbocycles. The molecule has 0 saturated carbocycles. The Hall–Kier alpha value is -3.55. The number of fused-ring (bicyclic) bond motifs is 1. The van der Waals surface area contributed by atoms with Gasteiger partial charge in [0.1, 0.15) is 34.9 Å². The minimum Gasteiger partial charge on any atom is -0.497 e. The zero-order chi connectivity index (χ0) is 21.3. The van der Waals surface area contributed by atoms with Crippen LogP contribution in [0.3, 0.4) is 0 Å². The highest BCUT2D eigenvalue weighted by Gasteiger charge is 2.34. The molecular formula is C22H21F2N3O3. The topological polar surface area (TPSA) is 55.7 Å². The van der Waals surface area contributed by atoms with Crippen LogP contribution in [0.2, 0.25) is 0 Å². The van der Waals surface area contributed by atoms with Gasteiger partial charge in [0.15, 0.2) is 0 Å². The largest absolute Gasteiger partial charge is 0.497 e. The second-order valence-corrected chi connectivity index (χ2v) is 6.86. The maximum Gasteiger partial charge on any atom is 0.322 e. The fraction of sp³-hybridized carbons (Fsp3) is 0.227. The first kappa shape index (κ1) is 19.8. The lowest BCUT2D eigenvalue weighted by atomic mass is 9.99. The van der Waals surface area contributed by atoms with E-state index in [1.54, 1.807) is 31.3 Å². The number of carbonyl (C=O) groups excluding carboxylic acids is 1. The number of ether oxygens (including phenoxy) is 2. The normalized spacial score (nSPS) is 15.5. The highest BCUT2D eigenvalue weighted by atomic mass is 19.1. The van der Waals surface area contributed by atoms with E-state index < -0.39 is 29.4 Å². The van der Waals surface area contributed by atoms with Crippen molar-refractivity contribution >= 4 is 11.7 Å². The van der Waals surface area contributed by atoms with E-state index in [0.717, 1.165) is 23.4 Å². The number of halogens is 2. The maximum absolute atomic E-state index is 14.1. The van der Waals surface area contributed by atoms with E-state index >= 15 is 0 Å². The molecule has 156 valence electrons. The molecular weight excluding hydrogens is 392 g/mol. The summed E-state index contributed by atoms with van der Waals surface area (Å²) in [5, 5.41) is 2.39. The van der Waals surface area contributed by atoms with E-state index in [1.807, 2.05) is 29.0 Å². The van der Waals surface area contributed by atoms with Crippen molar-refractivity contribution in [1.29, 1.82) is 0 Å². The van der Waals surface area contributed by atoms with Crippen molar-refractivity contribution in [3.8, 4) is 11.5 Å². The summed E-state index contributed by atoms with van der Waals surface area (Å²) in [5.74, 6) is -0.500. The molecule has 6 nitrogen and oxygen atoms in total. The lowest BCUT2D eigenvalue weighted by molar-refractivity contribution is 0.180. The zero-order valence-electron chi connectivity index (χ0n) is 16.6. The first-order chi connectivity index (χ1) is 14.5. The number of rotatable bonds is 4. The Kier molecular flexibility index (Phi) is 5.31. The van der Waals surface area contributed by atoms with Gasteiger partial charge in [-0.1, -0.05) is 6.07 Å². The quantitative estimate of drug-likeness (QED) is 0.689. The molecule has 0 saturated heterocycles. The lowest BCUT2D eigenvalue weighted by Crippen LogP contribution is -2.44. The van der Waals surface area contributed by atoms with Gasteiger partial charge in [0, 0.05) is 36.6 Å². The van der Waals surface area contributed by atoms with Crippen LogP contribution in [0.15, 0.2) is 54.7 Å². The van der Waals surface area contributed by atoms with Crippen LogP contribution in [0.25, 0.3) is 0 Å². The van der Waals surface area contributed by atoms with Gasteiger partial charge in [0.25, 0.3) is 0 Å². The Balaban J connectivity index is 1.75. The van der Waals surface area contributed by atoms with Gasteiger partial charge < -0.3 is 24.3 Å². The highest BCUT2D eigenvalue weighted by Crippen LogP contribution is 2.39. The summed E-state index contributed by atoms with van der Waals surface area (Å²) in [6, 6.07) is 11.5. The molecule has 30 heavy (non-hydrogen) atoms. The first-order valence-electron chi connectivity index (χ1n) is 9.42. The molecule has 1 N–H and O–H groups in total.